The number of aliphatic hydroxyl groups excluding tert-OH is 1. The standard InChI is InChI=1S/C17H20.C14H20.C12H15F3.C12H18O/c1-17(2,3)13-14-8-7-11-16(12-14)15-9-5-4-6-10-15;1-14(2,3)10-11-4-6-12(7-5-11)13-8-9-13;1-11(2,3)8-9-4-6-10(7-5-9)12(13,14)15;1-12(2,3)8-10-5-4-6-11(7-10)9-13/h4-12H,13H2,1-3H3;4-7,13H,8-10H2,1-3H3;4-7H,8H2,1-3H3;4-7,13H,8-9H2,1-3H3. The predicted octanol–water partition coefficient (Wildman–Crippen LogP) is 16.2. The molecule has 1 saturated carbocycles. The second-order valence-corrected chi connectivity index (χ2v) is 21.2. The molecule has 0 radical (unpaired) electrons. The van der Waals surface area contributed by atoms with Crippen LogP contribution in [0.25, 0.3) is 11.1 Å². The van der Waals surface area contributed by atoms with Crippen LogP contribution >= 0.6 is 0 Å². The molecule has 1 N–H and O–H groups in total. The van der Waals surface area contributed by atoms with Crippen LogP contribution in [0.3, 0.4) is 0 Å². The Balaban J connectivity index is 0.000000211. The molecule has 1 aliphatic rings. The summed E-state index contributed by atoms with van der Waals surface area (Å²) >= 11 is 0. The van der Waals surface area contributed by atoms with Crippen molar-refractivity contribution in [3.63, 3.8) is 0 Å². The van der Waals surface area contributed by atoms with Gasteiger partial charge in [-0.3, -0.25) is 0 Å². The summed E-state index contributed by atoms with van der Waals surface area (Å²) in [7, 11) is 0. The Morgan fingerprint density at radius 1 is 0.424 bits per heavy atom. The Labute approximate surface area is 356 Å². The molecule has 320 valence electrons. The molecule has 1 nitrogen and oxygen atoms in total. The molecule has 5 aromatic carbocycles. The largest absolute Gasteiger partial charge is 0.416 e. The molecule has 0 heterocycles. The highest BCUT2D eigenvalue weighted by Gasteiger charge is 2.30. The lowest BCUT2D eigenvalue weighted by atomic mass is 9.87. The first-order valence-corrected chi connectivity index (χ1v) is 21.4. The second kappa shape index (κ2) is 21.4. The van der Waals surface area contributed by atoms with Gasteiger partial charge in [0.05, 0.1) is 12.2 Å². The highest BCUT2D eigenvalue weighted by Crippen LogP contribution is 2.40. The average molecular weight is 807 g/mol. The van der Waals surface area contributed by atoms with Crippen LogP contribution in [-0.2, 0) is 38.5 Å². The van der Waals surface area contributed by atoms with Gasteiger partial charge in [-0.05, 0) is 123 Å². The molecule has 0 spiro atoms. The van der Waals surface area contributed by atoms with Crippen molar-refractivity contribution in [1.82, 2.24) is 0 Å². The van der Waals surface area contributed by atoms with E-state index < -0.39 is 11.7 Å². The van der Waals surface area contributed by atoms with Crippen LogP contribution in [0, 0.1) is 21.7 Å². The molecule has 0 saturated heterocycles. The van der Waals surface area contributed by atoms with E-state index in [1.54, 1.807) is 17.7 Å². The van der Waals surface area contributed by atoms with E-state index in [-0.39, 0.29) is 12.0 Å². The van der Waals surface area contributed by atoms with Crippen molar-refractivity contribution in [3.05, 3.63) is 166 Å². The van der Waals surface area contributed by atoms with E-state index in [4.69, 9.17) is 5.11 Å². The first-order chi connectivity index (χ1) is 27.3. The Morgan fingerprint density at radius 3 is 1.24 bits per heavy atom. The van der Waals surface area contributed by atoms with E-state index in [1.807, 2.05) is 12.1 Å². The third-order valence-electron chi connectivity index (χ3n) is 9.46. The molecule has 0 bridgehead atoms. The van der Waals surface area contributed by atoms with Crippen molar-refractivity contribution in [2.75, 3.05) is 0 Å². The van der Waals surface area contributed by atoms with Crippen molar-refractivity contribution in [2.24, 2.45) is 21.7 Å². The molecule has 0 atom stereocenters. The van der Waals surface area contributed by atoms with Crippen LogP contribution in [0.2, 0.25) is 0 Å². The Bertz CT molecular complexity index is 1940. The maximum Gasteiger partial charge on any atom is 0.416 e. The fraction of sp³-hybridized carbons (Fsp3) is 0.455. The van der Waals surface area contributed by atoms with Gasteiger partial charge in [0, 0.05) is 0 Å². The number of benzene rings is 5. The summed E-state index contributed by atoms with van der Waals surface area (Å²) in [6.45, 7) is 26.7. The monoisotopic (exact) mass is 807 g/mol. The van der Waals surface area contributed by atoms with Gasteiger partial charge in [-0.2, -0.15) is 13.2 Å². The molecule has 0 amide bonds. The first kappa shape index (κ1) is 49.2. The quantitative estimate of drug-likeness (QED) is 0.174. The van der Waals surface area contributed by atoms with Gasteiger partial charge in [0.1, 0.15) is 0 Å². The maximum absolute atomic E-state index is 12.3. The highest BCUT2D eigenvalue weighted by atomic mass is 19.4. The van der Waals surface area contributed by atoms with Crippen LogP contribution in [0.15, 0.2) is 127 Å². The summed E-state index contributed by atoms with van der Waals surface area (Å²) in [5.41, 5.74) is 10.9. The summed E-state index contributed by atoms with van der Waals surface area (Å²) < 4.78 is 36.8. The van der Waals surface area contributed by atoms with Crippen LogP contribution < -0.4 is 0 Å². The minimum absolute atomic E-state index is 0.0970. The van der Waals surface area contributed by atoms with Gasteiger partial charge in [0.25, 0.3) is 0 Å². The van der Waals surface area contributed by atoms with Crippen molar-refractivity contribution in [2.45, 2.75) is 140 Å². The fourth-order valence-electron chi connectivity index (χ4n) is 6.91. The Hall–Kier alpha value is -4.15. The van der Waals surface area contributed by atoms with Crippen molar-refractivity contribution < 1.29 is 18.3 Å². The summed E-state index contributed by atoms with van der Waals surface area (Å²) in [6, 6.07) is 42.2. The van der Waals surface area contributed by atoms with E-state index in [1.165, 1.54) is 47.1 Å². The lowest BCUT2D eigenvalue weighted by Gasteiger charge is -2.18. The summed E-state index contributed by atoms with van der Waals surface area (Å²) in [6.07, 6.45) is 2.70. The van der Waals surface area contributed by atoms with Gasteiger partial charge in [-0.1, -0.05) is 198 Å². The Morgan fingerprint density at radius 2 is 0.814 bits per heavy atom. The summed E-state index contributed by atoms with van der Waals surface area (Å²) in [5.74, 6) is 0.888. The molecule has 59 heavy (non-hydrogen) atoms. The average Bonchev–Trinajstić information content (AvgIpc) is 3.97. The molecular weight excluding hydrogens is 734 g/mol. The van der Waals surface area contributed by atoms with E-state index in [9.17, 15) is 13.2 Å². The molecule has 1 fully saturated rings. The molecule has 1 aliphatic carbocycles. The van der Waals surface area contributed by atoms with Gasteiger partial charge < -0.3 is 5.11 Å². The van der Waals surface area contributed by atoms with Gasteiger partial charge in [0.2, 0.25) is 0 Å². The molecule has 4 heteroatoms. The van der Waals surface area contributed by atoms with Gasteiger partial charge in [-0.15, -0.1) is 0 Å². The van der Waals surface area contributed by atoms with E-state index >= 15 is 0 Å². The lowest BCUT2D eigenvalue weighted by molar-refractivity contribution is -0.137. The predicted molar refractivity (Wildman–Crippen MR) is 247 cm³/mol. The van der Waals surface area contributed by atoms with Gasteiger partial charge in [-0.25, -0.2) is 0 Å². The molecule has 6 rings (SSSR count). The SMILES string of the molecule is CC(C)(C)Cc1ccc(C(F)(F)F)cc1.CC(C)(C)Cc1ccc(C2CC2)cc1.CC(C)(C)Cc1cccc(-c2ccccc2)c1.CC(C)(C)Cc1cccc(CO)c1. The second-order valence-electron chi connectivity index (χ2n) is 21.2. The first-order valence-electron chi connectivity index (χ1n) is 21.4. The Kier molecular flexibility index (Phi) is 17.8. The number of alkyl halides is 3. The topological polar surface area (TPSA) is 20.2 Å². The highest BCUT2D eigenvalue weighted by molar-refractivity contribution is 5.64. The van der Waals surface area contributed by atoms with E-state index in [0.717, 1.165) is 48.4 Å². The summed E-state index contributed by atoms with van der Waals surface area (Å²) in [5, 5.41) is 8.96. The normalized spacial score (nSPS) is 13.2. The smallest absolute Gasteiger partial charge is 0.392 e. The molecule has 0 unspecified atom stereocenters. The van der Waals surface area contributed by atoms with E-state index in [2.05, 4.69) is 174 Å². The van der Waals surface area contributed by atoms with Crippen molar-refractivity contribution in [1.29, 1.82) is 0 Å². The van der Waals surface area contributed by atoms with E-state index in [0.29, 0.717) is 16.2 Å². The number of halogens is 3. The minimum Gasteiger partial charge on any atom is -0.392 e. The third-order valence-corrected chi connectivity index (χ3v) is 9.46. The molecule has 0 aliphatic heterocycles. The molecular formula is C55H73F3O. The van der Waals surface area contributed by atoms with Crippen molar-refractivity contribution in [3.8, 4) is 11.1 Å². The molecule has 5 aromatic rings. The zero-order chi connectivity index (χ0) is 44.1. The maximum atomic E-state index is 12.3. The zero-order valence-corrected chi connectivity index (χ0v) is 38.2. The number of hydrogen-bond donors (Lipinski definition) is 1. The summed E-state index contributed by atoms with van der Waals surface area (Å²) in [4.78, 5) is 0. The van der Waals surface area contributed by atoms with Gasteiger partial charge in [0.15, 0.2) is 0 Å². The zero-order valence-electron chi connectivity index (χ0n) is 38.2. The van der Waals surface area contributed by atoms with Crippen molar-refractivity contribution >= 4 is 0 Å². The van der Waals surface area contributed by atoms with Crippen LogP contribution in [0.4, 0.5) is 13.2 Å². The van der Waals surface area contributed by atoms with Crippen LogP contribution in [0.5, 0.6) is 0 Å². The molecule has 0 aromatic heterocycles. The fourth-order valence-corrected chi connectivity index (χ4v) is 6.91. The third kappa shape index (κ3) is 21.1. The lowest BCUT2D eigenvalue weighted by Crippen LogP contribution is -2.10. The van der Waals surface area contributed by atoms with Crippen LogP contribution in [0.1, 0.15) is 141 Å². The number of rotatable bonds is 7. The number of aliphatic hydroxyl groups is 1. The van der Waals surface area contributed by atoms with Crippen LogP contribution in [-0.4, -0.2) is 5.11 Å². The minimum atomic E-state index is -4.24. The number of hydrogen-bond acceptors (Lipinski definition) is 1. The van der Waals surface area contributed by atoms with Gasteiger partial charge >= 0.3 is 6.18 Å².